The van der Waals surface area contributed by atoms with Crippen LogP contribution in [0.4, 0.5) is 4.39 Å². The quantitative estimate of drug-likeness (QED) is 0.819. The zero-order chi connectivity index (χ0) is 13.5. The van der Waals surface area contributed by atoms with Crippen molar-refractivity contribution in [3.8, 4) is 0 Å². The molecule has 0 radical (unpaired) electrons. The van der Waals surface area contributed by atoms with Crippen molar-refractivity contribution in [3.63, 3.8) is 0 Å². The minimum atomic E-state index is -1.13. The molecule has 1 N–H and O–H groups in total. The van der Waals surface area contributed by atoms with E-state index in [1.165, 1.54) is 24.1 Å². The lowest BCUT2D eigenvalue weighted by molar-refractivity contribution is -0.145. The van der Waals surface area contributed by atoms with Gasteiger partial charge in [-0.1, -0.05) is 12.1 Å². The Morgan fingerprint density at radius 2 is 2.11 bits per heavy atom. The second kappa shape index (κ2) is 6.70. The van der Waals surface area contributed by atoms with Crippen LogP contribution in [-0.2, 0) is 20.9 Å². The molecule has 1 aromatic rings. The molecule has 0 atom stereocenters. The van der Waals surface area contributed by atoms with Crippen LogP contribution < -0.4 is 0 Å². The predicted molar refractivity (Wildman–Crippen MR) is 61.3 cm³/mol. The number of hydrogen-bond donors (Lipinski definition) is 1. The van der Waals surface area contributed by atoms with Crippen LogP contribution in [0, 0.1) is 5.82 Å². The third-order valence-corrected chi connectivity index (χ3v) is 2.19. The predicted octanol–water partition coefficient (Wildman–Crippen LogP) is 0.885. The smallest absolute Gasteiger partial charge is 0.329 e. The number of benzene rings is 1. The second-order valence-electron chi connectivity index (χ2n) is 3.77. The van der Waals surface area contributed by atoms with E-state index >= 15 is 0 Å². The molecule has 0 saturated heterocycles. The number of amides is 1. The van der Waals surface area contributed by atoms with Gasteiger partial charge in [-0.25, -0.2) is 9.18 Å². The molecule has 0 aliphatic rings. The SMILES string of the molecule is CN(Cc1cccc(F)c1)C(=O)COCC(=O)O. The van der Waals surface area contributed by atoms with Crippen LogP contribution in [0.3, 0.4) is 0 Å². The lowest BCUT2D eigenvalue weighted by Gasteiger charge is -2.17. The molecule has 0 heterocycles. The van der Waals surface area contributed by atoms with E-state index in [0.717, 1.165) is 0 Å². The van der Waals surface area contributed by atoms with Crippen molar-refractivity contribution in [2.45, 2.75) is 6.54 Å². The highest BCUT2D eigenvalue weighted by Crippen LogP contribution is 2.06. The summed E-state index contributed by atoms with van der Waals surface area (Å²) >= 11 is 0. The van der Waals surface area contributed by atoms with Gasteiger partial charge in [0.15, 0.2) is 0 Å². The van der Waals surface area contributed by atoms with Crippen molar-refractivity contribution in [2.75, 3.05) is 20.3 Å². The fraction of sp³-hybridized carbons (Fsp3) is 0.333. The van der Waals surface area contributed by atoms with Gasteiger partial charge in [0.05, 0.1) is 0 Å². The maximum atomic E-state index is 12.9. The summed E-state index contributed by atoms with van der Waals surface area (Å²) in [5.41, 5.74) is 0.657. The van der Waals surface area contributed by atoms with E-state index in [0.29, 0.717) is 5.56 Å². The number of hydrogen-bond acceptors (Lipinski definition) is 3. The Hall–Kier alpha value is -1.95. The van der Waals surface area contributed by atoms with Crippen molar-refractivity contribution in [2.24, 2.45) is 0 Å². The number of aliphatic carboxylic acids is 1. The molecule has 5 nitrogen and oxygen atoms in total. The minimum absolute atomic E-state index is 0.243. The van der Waals surface area contributed by atoms with Crippen LogP contribution in [0.25, 0.3) is 0 Å². The van der Waals surface area contributed by atoms with Gasteiger partial charge >= 0.3 is 5.97 Å². The van der Waals surface area contributed by atoms with Crippen molar-refractivity contribution in [1.29, 1.82) is 0 Å². The van der Waals surface area contributed by atoms with Crippen LogP contribution in [0.15, 0.2) is 24.3 Å². The Morgan fingerprint density at radius 1 is 1.39 bits per heavy atom. The third-order valence-electron chi connectivity index (χ3n) is 2.19. The Morgan fingerprint density at radius 3 is 2.72 bits per heavy atom. The highest BCUT2D eigenvalue weighted by atomic mass is 19.1. The van der Waals surface area contributed by atoms with Gasteiger partial charge in [-0.2, -0.15) is 0 Å². The van der Waals surface area contributed by atoms with E-state index in [1.54, 1.807) is 12.1 Å². The molecule has 1 aromatic carbocycles. The number of carboxylic acids is 1. The molecule has 1 amide bonds. The number of carboxylic acid groups (broad SMARTS) is 1. The van der Waals surface area contributed by atoms with Gasteiger partial charge in [0.1, 0.15) is 19.0 Å². The first-order valence-corrected chi connectivity index (χ1v) is 5.27. The normalized spacial score (nSPS) is 10.1. The number of carbonyl (C=O) groups excluding carboxylic acids is 1. The molecule has 0 spiro atoms. The van der Waals surface area contributed by atoms with E-state index < -0.39 is 12.6 Å². The summed E-state index contributed by atoms with van der Waals surface area (Å²) < 4.78 is 17.6. The molecule has 0 unspecified atom stereocenters. The van der Waals surface area contributed by atoms with Crippen molar-refractivity contribution >= 4 is 11.9 Å². The second-order valence-corrected chi connectivity index (χ2v) is 3.77. The van der Waals surface area contributed by atoms with Gasteiger partial charge in [-0.05, 0) is 17.7 Å². The van der Waals surface area contributed by atoms with Crippen molar-refractivity contribution < 1.29 is 23.8 Å². The summed E-state index contributed by atoms with van der Waals surface area (Å²) in [4.78, 5) is 23.1. The molecule has 98 valence electrons. The fourth-order valence-electron chi connectivity index (χ4n) is 1.33. The van der Waals surface area contributed by atoms with Crippen molar-refractivity contribution in [3.05, 3.63) is 35.6 Å². The monoisotopic (exact) mass is 255 g/mol. The maximum absolute atomic E-state index is 12.9. The molecule has 0 bridgehead atoms. The van der Waals surface area contributed by atoms with E-state index in [2.05, 4.69) is 4.74 Å². The standard InChI is InChI=1S/C12H14FNO4/c1-14(11(15)7-18-8-12(16)17)6-9-3-2-4-10(13)5-9/h2-5H,6-8H2,1H3,(H,16,17). The number of carbonyl (C=O) groups is 2. The van der Waals surface area contributed by atoms with Gasteiger partial charge in [-0.15, -0.1) is 0 Å². The first-order valence-electron chi connectivity index (χ1n) is 5.27. The highest BCUT2D eigenvalue weighted by molar-refractivity contribution is 5.77. The first-order chi connectivity index (χ1) is 8.49. The maximum Gasteiger partial charge on any atom is 0.329 e. The summed E-state index contributed by atoms with van der Waals surface area (Å²) in [6, 6.07) is 5.91. The Labute approximate surface area is 104 Å². The molecule has 0 aliphatic carbocycles. The van der Waals surface area contributed by atoms with Gasteiger partial charge in [0, 0.05) is 13.6 Å². The molecule has 18 heavy (non-hydrogen) atoms. The first kappa shape index (κ1) is 14.1. The lowest BCUT2D eigenvalue weighted by Crippen LogP contribution is -2.30. The summed E-state index contributed by atoms with van der Waals surface area (Å²) in [6.07, 6.45) is 0. The average Bonchev–Trinajstić information content (AvgIpc) is 2.28. The van der Waals surface area contributed by atoms with Crippen LogP contribution >= 0.6 is 0 Å². The Bertz CT molecular complexity index is 436. The third kappa shape index (κ3) is 4.92. The lowest BCUT2D eigenvalue weighted by atomic mass is 10.2. The topological polar surface area (TPSA) is 66.8 Å². The van der Waals surface area contributed by atoms with Crippen LogP contribution in [-0.4, -0.2) is 42.1 Å². The summed E-state index contributed by atoms with van der Waals surface area (Å²) in [7, 11) is 1.54. The molecular weight excluding hydrogens is 241 g/mol. The van der Waals surface area contributed by atoms with Crippen LogP contribution in [0.5, 0.6) is 0 Å². The average molecular weight is 255 g/mol. The van der Waals surface area contributed by atoms with Crippen LogP contribution in [0.2, 0.25) is 0 Å². The molecule has 0 aliphatic heterocycles. The molecule has 0 aromatic heterocycles. The largest absolute Gasteiger partial charge is 0.480 e. The number of nitrogens with zero attached hydrogens (tertiary/aromatic N) is 1. The van der Waals surface area contributed by atoms with E-state index in [9.17, 15) is 14.0 Å². The van der Waals surface area contributed by atoms with E-state index in [-0.39, 0.29) is 24.9 Å². The number of ether oxygens (including phenoxy) is 1. The Balaban J connectivity index is 2.42. The molecular formula is C12H14FNO4. The zero-order valence-electron chi connectivity index (χ0n) is 9.93. The fourth-order valence-corrected chi connectivity index (χ4v) is 1.33. The number of rotatable bonds is 6. The summed E-state index contributed by atoms with van der Waals surface area (Å²) in [6.45, 7) is -0.579. The van der Waals surface area contributed by atoms with Gasteiger partial charge in [-0.3, -0.25) is 4.79 Å². The van der Waals surface area contributed by atoms with Gasteiger partial charge < -0.3 is 14.7 Å². The number of likely N-dealkylation sites (N-methyl/N-ethyl adjacent to an activating group) is 1. The highest BCUT2D eigenvalue weighted by Gasteiger charge is 2.10. The molecule has 1 rings (SSSR count). The summed E-state index contributed by atoms with van der Waals surface area (Å²) in [5.74, 6) is -1.86. The molecule has 0 fully saturated rings. The van der Waals surface area contributed by atoms with Gasteiger partial charge in [0.2, 0.25) is 5.91 Å². The summed E-state index contributed by atoms with van der Waals surface area (Å²) in [5, 5.41) is 8.34. The van der Waals surface area contributed by atoms with E-state index in [1.807, 2.05) is 0 Å². The zero-order valence-corrected chi connectivity index (χ0v) is 9.93. The molecule has 0 saturated carbocycles. The van der Waals surface area contributed by atoms with E-state index in [4.69, 9.17) is 5.11 Å². The van der Waals surface area contributed by atoms with Gasteiger partial charge in [0.25, 0.3) is 0 Å². The Kier molecular flexibility index (Phi) is 5.26. The minimum Gasteiger partial charge on any atom is -0.480 e. The number of halogens is 1. The van der Waals surface area contributed by atoms with Crippen molar-refractivity contribution in [1.82, 2.24) is 4.90 Å². The molecule has 6 heteroatoms. The van der Waals surface area contributed by atoms with Crippen LogP contribution in [0.1, 0.15) is 5.56 Å².